The van der Waals surface area contributed by atoms with Gasteiger partial charge < -0.3 is 25.6 Å². The third kappa shape index (κ3) is 5.17. The van der Waals surface area contributed by atoms with Crippen molar-refractivity contribution in [2.75, 3.05) is 31.5 Å². The molecule has 0 unspecified atom stereocenters. The average Bonchev–Trinajstić information content (AvgIpc) is 3.36. The molecular weight excluding hydrogens is 470 g/mol. The Labute approximate surface area is 215 Å². The fraction of sp³-hybridized carbons (Fsp3) is 0.286. The van der Waals surface area contributed by atoms with Crippen LogP contribution in [0.4, 0.5) is 5.69 Å². The van der Waals surface area contributed by atoms with Crippen LogP contribution in [0.3, 0.4) is 0 Å². The summed E-state index contributed by atoms with van der Waals surface area (Å²) in [5.41, 5.74) is 5.75. The summed E-state index contributed by atoms with van der Waals surface area (Å²) < 4.78 is 0. The van der Waals surface area contributed by atoms with Gasteiger partial charge in [0.25, 0.3) is 11.8 Å². The zero-order valence-corrected chi connectivity index (χ0v) is 21.4. The summed E-state index contributed by atoms with van der Waals surface area (Å²) in [4.78, 5) is 47.0. The lowest BCUT2D eigenvalue weighted by Gasteiger charge is -2.18. The van der Waals surface area contributed by atoms with Crippen LogP contribution in [-0.2, 0) is 4.79 Å². The van der Waals surface area contributed by atoms with E-state index in [1.807, 2.05) is 19.9 Å². The van der Waals surface area contributed by atoms with Gasteiger partial charge in [-0.1, -0.05) is 26.0 Å². The van der Waals surface area contributed by atoms with E-state index in [1.165, 1.54) is 12.3 Å². The van der Waals surface area contributed by atoms with Crippen LogP contribution in [0, 0.1) is 13.8 Å². The van der Waals surface area contributed by atoms with Gasteiger partial charge in [-0.2, -0.15) is 0 Å². The number of aryl methyl sites for hydroxylation is 1. The highest BCUT2D eigenvalue weighted by molar-refractivity contribution is 6.36. The number of H-pyrrole nitrogens is 1. The summed E-state index contributed by atoms with van der Waals surface area (Å²) in [5.74, 6) is -1.51. The normalized spacial score (nSPS) is 13.6. The third-order valence-corrected chi connectivity index (χ3v) is 6.72. The number of nitrogens with one attached hydrogen (secondary N) is 3. The van der Waals surface area contributed by atoms with Crippen LogP contribution in [0.1, 0.15) is 57.1 Å². The van der Waals surface area contributed by atoms with Crippen molar-refractivity contribution < 1.29 is 19.5 Å². The molecule has 2 aromatic heterocycles. The number of pyridine rings is 1. The number of likely N-dealkylation sites (N-methyl/N-ethyl adjacent to an activating group) is 1. The molecule has 1 aromatic carbocycles. The molecule has 9 heteroatoms. The molecule has 9 nitrogen and oxygen atoms in total. The number of carbonyl (C=O) groups is 3. The van der Waals surface area contributed by atoms with Crippen LogP contribution in [0.15, 0.2) is 36.7 Å². The number of aromatic nitrogens is 2. The van der Waals surface area contributed by atoms with Crippen LogP contribution >= 0.6 is 0 Å². The molecule has 0 spiro atoms. The number of hydrogen-bond acceptors (Lipinski definition) is 5. The Morgan fingerprint density at radius 1 is 1.16 bits per heavy atom. The van der Waals surface area contributed by atoms with Gasteiger partial charge in [0, 0.05) is 53.7 Å². The maximum atomic E-state index is 13.0. The van der Waals surface area contributed by atoms with Gasteiger partial charge >= 0.3 is 5.97 Å². The number of aromatic amines is 1. The number of carboxylic acid groups (broad SMARTS) is 1. The Morgan fingerprint density at radius 3 is 2.62 bits per heavy atom. The Morgan fingerprint density at radius 2 is 1.92 bits per heavy atom. The van der Waals surface area contributed by atoms with Gasteiger partial charge in [-0.25, -0.2) is 4.79 Å². The number of amides is 2. The molecule has 0 bridgehead atoms. The maximum Gasteiger partial charge on any atom is 0.337 e. The Kier molecular flexibility index (Phi) is 7.54. The number of benzene rings is 1. The zero-order valence-electron chi connectivity index (χ0n) is 21.4. The standard InChI is InChI=1S/C28H31N5O4/c1-5-33(6-2)11-10-30-27(35)24-16(3)23(31-17(24)4)13-21-25-20(8-7-9-22(25)32-26(21)34)18-12-19(28(36)37)15-29-14-18/h7-9,12-15,31H,5-6,10-11H2,1-4H3,(H,30,35)(H,32,34)(H,36,37)/b21-13-. The number of fused-ring (bicyclic) bond motifs is 1. The maximum absolute atomic E-state index is 13.0. The number of carbonyl (C=O) groups excluding carboxylic acids is 2. The third-order valence-electron chi connectivity index (χ3n) is 6.72. The first-order valence-electron chi connectivity index (χ1n) is 12.3. The summed E-state index contributed by atoms with van der Waals surface area (Å²) in [6.07, 6.45) is 4.61. The SMILES string of the molecule is CCN(CC)CCNC(=O)c1c(C)[nH]c(/C=C2\C(=O)Nc3cccc(-c4cncc(C(=O)O)c4)c32)c1C. The lowest BCUT2D eigenvalue weighted by Crippen LogP contribution is -2.35. The van der Waals surface area contributed by atoms with E-state index < -0.39 is 5.97 Å². The molecule has 1 aliphatic rings. The molecule has 4 N–H and O–H groups in total. The fourth-order valence-electron chi connectivity index (χ4n) is 4.69. The highest BCUT2D eigenvalue weighted by Crippen LogP contribution is 2.40. The predicted octanol–water partition coefficient (Wildman–Crippen LogP) is 3.96. The second-order valence-electron chi connectivity index (χ2n) is 8.95. The van der Waals surface area contributed by atoms with Crippen molar-refractivity contribution in [2.45, 2.75) is 27.7 Å². The largest absolute Gasteiger partial charge is 0.478 e. The number of nitrogens with zero attached hydrogens (tertiary/aromatic N) is 2. The number of rotatable bonds is 9. The number of hydrogen-bond donors (Lipinski definition) is 4. The van der Waals surface area contributed by atoms with Crippen molar-refractivity contribution in [2.24, 2.45) is 0 Å². The molecule has 1 aliphatic heterocycles. The van der Waals surface area contributed by atoms with Crippen molar-refractivity contribution in [1.82, 2.24) is 20.2 Å². The molecule has 0 fully saturated rings. The number of aromatic carboxylic acids is 1. The van der Waals surface area contributed by atoms with Gasteiger partial charge in [-0.15, -0.1) is 0 Å². The second-order valence-corrected chi connectivity index (χ2v) is 8.95. The Hall–Kier alpha value is -4.24. The van der Waals surface area contributed by atoms with E-state index in [9.17, 15) is 19.5 Å². The minimum Gasteiger partial charge on any atom is -0.478 e. The van der Waals surface area contributed by atoms with Crippen LogP contribution in [-0.4, -0.2) is 63.9 Å². The van der Waals surface area contributed by atoms with Crippen LogP contribution in [0.2, 0.25) is 0 Å². The second kappa shape index (κ2) is 10.8. The summed E-state index contributed by atoms with van der Waals surface area (Å²) in [7, 11) is 0. The topological polar surface area (TPSA) is 127 Å². The van der Waals surface area contributed by atoms with E-state index in [1.54, 1.807) is 24.4 Å². The van der Waals surface area contributed by atoms with E-state index in [0.717, 1.165) is 30.9 Å². The van der Waals surface area contributed by atoms with Gasteiger partial charge in [0.15, 0.2) is 0 Å². The molecule has 3 heterocycles. The van der Waals surface area contributed by atoms with Gasteiger partial charge in [0.05, 0.1) is 16.7 Å². The van der Waals surface area contributed by atoms with Crippen molar-refractivity contribution in [1.29, 1.82) is 0 Å². The van der Waals surface area contributed by atoms with Gasteiger partial charge in [0.2, 0.25) is 0 Å². The smallest absolute Gasteiger partial charge is 0.337 e. The summed E-state index contributed by atoms with van der Waals surface area (Å²) >= 11 is 0. The van der Waals surface area contributed by atoms with Crippen molar-refractivity contribution >= 4 is 35.1 Å². The molecule has 0 saturated heterocycles. The lowest BCUT2D eigenvalue weighted by molar-refractivity contribution is -0.110. The summed E-state index contributed by atoms with van der Waals surface area (Å²) in [6, 6.07) is 6.97. The van der Waals surface area contributed by atoms with Gasteiger partial charge in [-0.3, -0.25) is 14.6 Å². The first-order valence-corrected chi connectivity index (χ1v) is 12.3. The molecule has 192 valence electrons. The first-order chi connectivity index (χ1) is 17.7. The van der Waals surface area contributed by atoms with Crippen LogP contribution < -0.4 is 10.6 Å². The van der Waals surface area contributed by atoms with Crippen LogP contribution in [0.25, 0.3) is 22.8 Å². The zero-order chi connectivity index (χ0) is 26.7. The first kappa shape index (κ1) is 25.8. The molecule has 0 saturated carbocycles. The summed E-state index contributed by atoms with van der Waals surface area (Å²) in [6.45, 7) is 11.0. The molecule has 0 radical (unpaired) electrons. The average molecular weight is 502 g/mol. The number of carboxylic acids is 1. The molecule has 2 amide bonds. The van der Waals surface area contributed by atoms with E-state index in [0.29, 0.717) is 45.8 Å². The number of anilines is 1. The van der Waals surface area contributed by atoms with E-state index >= 15 is 0 Å². The van der Waals surface area contributed by atoms with Crippen LogP contribution in [0.5, 0.6) is 0 Å². The highest BCUT2D eigenvalue weighted by atomic mass is 16.4. The lowest BCUT2D eigenvalue weighted by atomic mass is 9.94. The van der Waals surface area contributed by atoms with Crippen molar-refractivity contribution in [3.8, 4) is 11.1 Å². The highest BCUT2D eigenvalue weighted by Gasteiger charge is 2.28. The van der Waals surface area contributed by atoms with Crippen molar-refractivity contribution in [3.05, 3.63) is 70.3 Å². The molecule has 0 aliphatic carbocycles. The molecule has 4 rings (SSSR count). The monoisotopic (exact) mass is 501 g/mol. The minimum absolute atomic E-state index is 0.0606. The van der Waals surface area contributed by atoms with E-state index in [2.05, 4.69) is 39.3 Å². The fourth-order valence-corrected chi connectivity index (χ4v) is 4.69. The van der Waals surface area contributed by atoms with Crippen molar-refractivity contribution in [3.63, 3.8) is 0 Å². The van der Waals surface area contributed by atoms with E-state index in [-0.39, 0.29) is 17.4 Å². The molecule has 37 heavy (non-hydrogen) atoms. The van der Waals surface area contributed by atoms with Gasteiger partial charge in [-0.05, 0) is 56.3 Å². The van der Waals surface area contributed by atoms with Gasteiger partial charge in [0.1, 0.15) is 0 Å². The Bertz CT molecular complexity index is 1400. The molecular formula is C28H31N5O4. The molecule has 0 atom stereocenters. The Balaban J connectivity index is 1.69. The quantitative estimate of drug-likeness (QED) is 0.329. The molecule has 3 aromatic rings. The van der Waals surface area contributed by atoms with E-state index in [4.69, 9.17) is 0 Å². The summed E-state index contributed by atoms with van der Waals surface area (Å²) in [5, 5.41) is 15.3. The predicted molar refractivity (Wildman–Crippen MR) is 144 cm³/mol. The minimum atomic E-state index is -1.08.